The molecule has 0 radical (unpaired) electrons. The van der Waals surface area contributed by atoms with E-state index in [1.807, 2.05) is 6.92 Å². The maximum Gasteiger partial charge on any atom is 0.319 e. The molecule has 0 aliphatic carbocycles. The van der Waals surface area contributed by atoms with Crippen LogP contribution in [0.5, 0.6) is 0 Å². The zero-order valence-corrected chi connectivity index (χ0v) is 9.07. The van der Waals surface area contributed by atoms with E-state index in [0.717, 1.165) is 6.42 Å². The van der Waals surface area contributed by atoms with E-state index in [1.165, 1.54) is 12.1 Å². The van der Waals surface area contributed by atoms with Crippen molar-refractivity contribution < 1.29 is 9.18 Å². The van der Waals surface area contributed by atoms with E-state index >= 15 is 0 Å². The van der Waals surface area contributed by atoms with E-state index in [1.54, 1.807) is 6.07 Å². The average molecular weight is 231 g/mol. The van der Waals surface area contributed by atoms with Gasteiger partial charge in [-0.25, -0.2) is 9.18 Å². The Morgan fingerprint density at radius 1 is 1.53 bits per heavy atom. The summed E-state index contributed by atoms with van der Waals surface area (Å²) in [6.45, 7) is 2.48. The molecule has 15 heavy (non-hydrogen) atoms. The van der Waals surface area contributed by atoms with E-state index in [9.17, 15) is 9.18 Å². The number of halogens is 2. The monoisotopic (exact) mass is 230 g/mol. The molecule has 0 bridgehead atoms. The molecule has 0 saturated carbocycles. The molecule has 0 aromatic heterocycles. The summed E-state index contributed by atoms with van der Waals surface area (Å²) in [5.74, 6) is -0.620. The summed E-state index contributed by atoms with van der Waals surface area (Å²) in [4.78, 5) is 11.2. The summed E-state index contributed by atoms with van der Waals surface area (Å²) < 4.78 is 13.3. The van der Waals surface area contributed by atoms with Crippen molar-refractivity contribution in [3.05, 3.63) is 29.0 Å². The van der Waals surface area contributed by atoms with Crippen molar-refractivity contribution in [2.24, 2.45) is 0 Å². The lowest BCUT2D eigenvalue weighted by molar-refractivity contribution is 0.252. The maximum absolute atomic E-state index is 13.3. The fraction of sp³-hybridized carbons (Fsp3) is 0.300. The number of benzene rings is 1. The van der Waals surface area contributed by atoms with Crippen LogP contribution in [0.1, 0.15) is 13.3 Å². The Balaban J connectivity index is 2.64. The highest BCUT2D eigenvalue weighted by atomic mass is 35.5. The Morgan fingerprint density at radius 3 is 2.93 bits per heavy atom. The lowest BCUT2D eigenvalue weighted by Gasteiger charge is -2.07. The van der Waals surface area contributed by atoms with Gasteiger partial charge < -0.3 is 10.6 Å². The summed E-state index contributed by atoms with van der Waals surface area (Å²) in [6.07, 6.45) is 0.825. The molecule has 5 heteroatoms. The Morgan fingerprint density at radius 2 is 2.27 bits per heavy atom. The first-order valence-corrected chi connectivity index (χ1v) is 5.01. The molecule has 0 saturated heterocycles. The SMILES string of the molecule is CCCNC(=O)Nc1cccc(Cl)c1F. The molecule has 0 fully saturated rings. The van der Waals surface area contributed by atoms with Crippen molar-refractivity contribution in [2.75, 3.05) is 11.9 Å². The molecule has 2 N–H and O–H groups in total. The number of urea groups is 1. The zero-order chi connectivity index (χ0) is 11.3. The third-order valence-corrected chi connectivity index (χ3v) is 2.03. The van der Waals surface area contributed by atoms with Gasteiger partial charge in [0.2, 0.25) is 0 Å². The van der Waals surface area contributed by atoms with Crippen LogP contribution in [0.2, 0.25) is 5.02 Å². The predicted molar refractivity (Wildman–Crippen MR) is 58.7 cm³/mol. The number of anilines is 1. The number of carbonyl (C=O) groups is 1. The van der Waals surface area contributed by atoms with Crippen molar-refractivity contribution in [1.29, 1.82) is 0 Å². The van der Waals surface area contributed by atoms with Gasteiger partial charge in [-0.15, -0.1) is 0 Å². The molecule has 1 aromatic rings. The Bertz CT molecular complexity index is 357. The van der Waals surface area contributed by atoms with Gasteiger partial charge in [0.15, 0.2) is 5.82 Å². The molecule has 0 heterocycles. The molecule has 2 amide bonds. The second-order valence-corrected chi connectivity index (χ2v) is 3.39. The number of nitrogens with one attached hydrogen (secondary N) is 2. The van der Waals surface area contributed by atoms with Crippen LogP contribution in [0.15, 0.2) is 18.2 Å². The van der Waals surface area contributed by atoms with E-state index in [0.29, 0.717) is 6.54 Å². The van der Waals surface area contributed by atoms with Gasteiger partial charge in [-0.1, -0.05) is 24.6 Å². The molecule has 0 spiro atoms. The quantitative estimate of drug-likeness (QED) is 0.824. The molecular weight excluding hydrogens is 219 g/mol. The molecule has 0 unspecified atom stereocenters. The van der Waals surface area contributed by atoms with Gasteiger partial charge in [-0.05, 0) is 18.6 Å². The van der Waals surface area contributed by atoms with Gasteiger partial charge in [0.25, 0.3) is 0 Å². The van der Waals surface area contributed by atoms with Crippen molar-refractivity contribution in [3.63, 3.8) is 0 Å². The van der Waals surface area contributed by atoms with Crippen LogP contribution in [-0.2, 0) is 0 Å². The van der Waals surface area contributed by atoms with Crippen LogP contribution >= 0.6 is 11.6 Å². The van der Waals surface area contributed by atoms with Gasteiger partial charge >= 0.3 is 6.03 Å². The van der Waals surface area contributed by atoms with E-state index in [4.69, 9.17) is 11.6 Å². The molecular formula is C10H12ClFN2O. The predicted octanol–water partition coefficient (Wildman–Crippen LogP) is 3.01. The highest BCUT2D eigenvalue weighted by Gasteiger charge is 2.08. The highest BCUT2D eigenvalue weighted by molar-refractivity contribution is 6.31. The minimum Gasteiger partial charge on any atom is -0.338 e. The van der Waals surface area contributed by atoms with E-state index in [-0.39, 0.29) is 10.7 Å². The van der Waals surface area contributed by atoms with Crippen molar-refractivity contribution in [1.82, 2.24) is 5.32 Å². The first kappa shape index (κ1) is 11.8. The van der Waals surface area contributed by atoms with Gasteiger partial charge in [0, 0.05) is 6.54 Å². The largest absolute Gasteiger partial charge is 0.338 e. The highest BCUT2D eigenvalue weighted by Crippen LogP contribution is 2.21. The minimum absolute atomic E-state index is 0.0108. The van der Waals surface area contributed by atoms with Crippen LogP contribution in [0.4, 0.5) is 14.9 Å². The molecule has 1 rings (SSSR count). The first-order valence-electron chi connectivity index (χ1n) is 4.64. The number of carbonyl (C=O) groups excluding carboxylic acids is 1. The number of hydrogen-bond donors (Lipinski definition) is 2. The Labute approximate surface area is 92.6 Å². The summed E-state index contributed by atoms with van der Waals surface area (Å²) in [6, 6.07) is 4.01. The summed E-state index contributed by atoms with van der Waals surface area (Å²) in [5, 5.41) is 4.93. The fourth-order valence-corrected chi connectivity index (χ4v) is 1.18. The second-order valence-electron chi connectivity index (χ2n) is 2.98. The van der Waals surface area contributed by atoms with Gasteiger partial charge in [-0.3, -0.25) is 0 Å². The summed E-state index contributed by atoms with van der Waals surface area (Å²) in [7, 11) is 0. The van der Waals surface area contributed by atoms with Crippen molar-refractivity contribution in [3.8, 4) is 0 Å². The van der Waals surface area contributed by atoms with Gasteiger partial charge in [0.05, 0.1) is 10.7 Å². The van der Waals surface area contributed by atoms with Crippen LogP contribution in [0, 0.1) is 5.82 Å². The van der Waals surface area contributed by atoms with Crippen LogP contribution in [0.25, 0.3) is 0 Å². The molecule has 0 aliphatic heterocycles. The lowest BCUT2D eigenvalue weighted by Crippen LogP contribution is -2.29. The molecule has 1 aromatic carbocycles. The minimum atomic E-state index is -0.620. The van der Waals surface area contributed by atoms with Crippen LogP contribution in [0.3, 0.4) is 0 Å². The van der Waals surface area contributed by atoms with Gasteiger partial charge in [-0.2, -0.15) is 0 Å². The van der Waals surface area contributed by atoms with Crippen molar-refractivity contribution in [2.45, 2.75) is 13.3 Å². The third kappa shape index (κ3) is 3.40. The van der Waals surface area contributed by atoms with E-state index < -0.39 is 11.8 Å². The molecule has 0 atom stereocenters. The average Bonchev–Trinajstić information content (AvgIpc) is 2.22. The van der Waals surface area contributed by atoms with Crippen LogP contribution < -0.4 is 10.6 Å². The lowest BCUT2D eigenvalue weighted by atomic mass is 10.3. The number of amides is 2. The third-order valence-electron chi connectivity index (χ3n) is 1.74. The first-order chi connectivity index (χ1) is 7.15. The number of rotatable bonds is 3. The van der Waals surface area contributed by atoms with E-state index in [2.05, 4.69) is 10.6 Å². The standard InChI is InChI=1S/C10H12ClFN2O/c1-2-6-13-10(15)14-8-5-3-4-7(11)9(8)12/h3-5H,2,6H2,1H3,(H2,13,14,15). The molecule has 0 aliphatic rings. The van der Waals surface area contributed by atoms with Crippen molar-refractivity contribution >= 4 is 23.3 Å². The smallest absolute Gasteiger partial charge is 0.319 e. The summed E-state index contributed by atoms with van der Waals surface area (Å²) >= 11 is 5.55. The fourth-order valence-electron chi connectivity index (χ4n) is 1.01. The molecule has 82 valence electrons. The van der Waals surface area contributed by atoms with Gasteiger partial charge in [0.1, 0.15) is 0 Å². The Hall–Kier alpha value is -1.29. The maximum atomic E-state index is 13.3. The summed E-state index contributed by atoms with van der Waals surface area (Å²) in [5.41, 5.74) is 0.0797. The Kier molecular flexibility index (Phi) is 4.37. The molecule has 3 nitrogen and oxygen atoms in total. The topological polar surface area (TPSA) is 41.1 Å². The normalized spacial score (nSPS) is 9.80. The van der Waals surface area contributed by atoms with Crippen LogP contribution in [-0.4, -0.2) is 12.6 Å². The number of hydrogen-bond acceptors (Lipinski definition) is 1. The zero-order valence-electron chi connectivity index (χ0n) is 8.31. The second kappa shape index (κ2) is 5.56.